The van der Waals surface area contributed by atoms with Crippen LogP contribution in [0.4, 0.5) is 8.78 Å². The molecule has 0 radical (unpaired) electrons. The van der Waals surface area contributed by atoms with Crippen LogP contribution in [0.25, 0.3) is 0 Å². The van der Waals surface area contributed by atoms with Gasteiger partial charge < -0.3 is 4.74 Å². The molecule has 8 heteroatoms. The van der Waals surface area contributed by atoms with Gasteiger partial charge in [-0.05, 0) is 48.9 Å². The van der Waals surface area contributed by atoms with Gasteiger partial charge in [-0.25, -0.2) is 4.79 Å². The average molecular weight is 308 g/mol. The number of alkyl halides is 2. The van der Waals surface area contributed by atoms with Crippen molar-refractivity contribution in [3.05, 3.63) is 0 Å². The van der Waals surface area contributed by atoms with Crippen LogP contribution in [0.5, 0.6) is 0 Å². The summed E-state index contributed by atoms with van der Waals surface area (Å²) >= 11 is 0. The highest BCUT2D eigenvalue weighted by Crippen LogP contribution is 2.81. The maximum absolute atomic E-state index is 13.2. The van der Waals surface area contributed by atoms with E-state index in [1.54, 1.807) is 0 Å². The molecule has 0 aromatic rings. The van der Waals surface area contributed by atoms with E-state index in [-0.39, 0.29) is 11.8 Å². The molecule has 1 N–H and O–H groups in total. The zero-order chi connectivity index (χ0) is 14.5. The van der Waals surface area contributed by atoms with Crippen LogP contribution in [0.15, 0.2) is 0 Å². The summed E-state index contributed by atoms with van der Waals surface area (Å²) in [5, 5.41) is -4.88. The van der Waals surface area contributed by atoms with Crippen molar-refractivity contribution in [1.29, 1.82) is 0 Å². The fourth-order valence-electron chi connectivity index (χ4n) is 5.06. The van der Waals surface area contributed by atoms with Gasteiger partial charge in [0, 0.05) is 5.92 Å². The molecule has 0 aliphatic heterocycles. The highest BCUT2D eigenvalue weighted by atomic mass is 32.2. The summed E-state index contributed by atoms with van der Waals surface area (Å²) in [6, 6.07) is 0. The molecule has 0 aromatic heterocycles. The quantitative estimate of drug-likeness (QED) is 0.630. The Balaban J connectivity index is 1.52. The minimum atomic E-state index is -5.78. The molecule has 6 unspecified atom stereocenters. The lowest BCUT2D eigenvalue weighted by Crippen LogP contribution is -2.45. The summed E-state index contributed by atoms with van der Waals surface area (Å²) in [7, 11) is -5.78. The van der Waals surface area contributed by atoms with E-state index in [0.717, 1.165) is 19.3 Å². The maximum atomic E-state index is 13.2. The van der Waals surface area contributed by atoms with Gasteiger partial charge in [-0.1, -0.05) is 0 Å². The second-order valence-corrected chi connectivity index (χ2v) is 8.16. The van der Waals surface area contributed by atoms with Crippen LogP contribution in [-0.4, -0.2) is 30.3 Å². The van der Waals surface area contributed by atoms with E-state index in [9.17, 15) is 22.0 Å². The highest BCUT2D eigenvalue weighted by molar-refractivity contribution is 7.87. The van der Waals surface area contributed by atoms with E-state index in [0.29, 0.717) is 17.3 Å². The van der Waals surface area contributed by atoms with Gasteiger partial charge in [0.15, 0.2) is 0 Å². The molecule has 1 spiro atoms. The molecule has 2 bridgehead atoms. The standard InChI is InChI=1S/C12H14F2O5S/c13-12(14,20(16,17)18)10(15)19-9-5-1-6-3-11(6)4-7(9)8(11)2-5/h5-9H,1-4H2,(H,16,17,18). The molecule has 112 valence electrons. The monoisotopic (exact) mass is 308 g/mol. The first-order valence-electron chi connectivity index (χ1n) is 6.73. The Hall–Kier alpha value is -0.760. The summed E-state index contributed by atoms with van der Waals surface area (Å²) < 4.78 is 60.8. The lowest BCUT2D eigenvalue weighted by Gasteiger charge is -2.44. The second-order valence-electron chi connectivity index (χ2n) is 6.70. The van der Waals surface area contributed by atoms with Crippen molar-refractivity contribution in [3.8, 4) is 0 Å². The lowest BCUT2D eigenvalue weighted by atomic mass is 9.61. The molecule has 0 saturated heterocycles. The normalized spacial score (nSPS) is 48.2. The Morgan fingerprint density at radius 2 is 2.00 bits per heavy atom. The third-order valence-corrected chi connectivity index (χ3v) is 6.80. The number of hydrogen-bond acceptors (Lipinski definition) is 4. The summed E-state index contributed by atoms with van der Waals surface area (Å²) in [4.78, 5) is 11.4. The third-order valence-electron chi connectivity index (χ3n) is 5.99. The first-order valence-corrected chi connectivity index (χ1v) is 8.17. The number of carbonyl (C=O) groups excluding carboxylic acids is 1. The zero-order valence-electron chi connectivity index (χ0n) is 10.5. The molecule has 20 heavy (non-hydrogen) atoms. The van der Waals surface area contributed by atoms with Gasteiger partial charge in [-0.2, -0.15) is 17.2 Å². The van der Waals surface area contributed by atoms with Crippen LogP contribution in [0, 0.1) is 29.1 Å². The van der Waals surface area contributed by atoms with Crippen LogP contribution in [0.2, 0.25) is 0 Å². The smallest absolute Gasteiger partial charge is 0.456 e. The van der Waals surface area contributed by atoms with E-state index in [1.807, 2.05) is 0 Å². The molecule has 4 saturated carbocycles. The number of carbonyl (C=O) groups is 1. The summed E-state index contributed by atoms with van der Waals surface area (Å²) in [5.41, 5.74) is 0.383. The minimum absolute atomic E-state index is 0.0641. The Morgan fingerprint density at radius 1 is 1.30 bits per heavy atom. The van der Waals surface area contributed by atoms with Crippen molar-refractivity contribution in [2.45, 2.75) is 37.0 Å². The van der Waals surface area contributed by atoms with E-state index >= 15 is 0 Å². The topological polar surface area (TPSA) is 80.7 Å². The number of fused-ring (bicyclic) bond motifs is 1. The molecular formula is C12H14F2O5S. The Morgan fingerprint density at radius 3 is 2.65 bits per heavy atom. The predicted molar refractivity (Wildman–Crippen MR) is 61.2 cm³/mol. The summed E-state index contributed by atoms with van der Waals surface area (Å²) in [5.74, 6) is -0.910. The minimum Gasteiger partial charge on any atom is -0.456 e. The van der Waals surface area contributed by atoms with E-state index in [4.69, 9.17) is 9.29 Å². The Bertz CT molecular complexity index is 596. The molecule has 0 aromatic carbocycles. The highest BCUT2D eigenvalue weighted by Gasteiger charge is 2.76. The van der Waals surface area contributed by atoms with Gasteiger partial charge in [0.1, 0.15) is 6.10 Å². The number of ether oxygens (including phenoxy) is 1. The molecule has 6 atom stereocenters. The van der Waals surface area contributed by atoms with Crippen molar-refractivity contribution in [2.75, 3.05) is 0 Å². The van der Waals surface area contributed by atoms with Crippen molar-refractivity contribution < 1.29 is 31.3 Å². The predicted octanol–water partition coefficient (Wildman–Crippen LogP) is 1.44. The molecular weight excluding hydrogens is 294 g/mol. The molecule has 4 rings (SSSR count). The van der Waals surface area contributed by atoms with Gasteiger partial charge in [0.25, 0.3) is 0 Å². The van der Waals surface area contributed by atoms with E-state index in [2.05, 4.69) is 0 Å². The van der Waals surface area contributed by atoms with Crippen molar-refractivity contribution in [2.24, 2.45) is 29.1 Å². The Kier molecular flexibility index (Phi) is 2.17. The number of hydrogen-bond donors (Lipinski definition) is 1. The van der Waals surface area contributed by atoms with Crippen molar-refractivity contribution >= 4 is 16.1 Å². The number of esters is 1. The largest absolute Gasteiger partial charge is 0.465 e. The Labute approximate surface area is 114 Å². The van der Waals surface area contributed by atoms with Gasteiger partial charge in [0.05, 0.1) is 0 Å². The van der Waals surface area contributed by atoms with E-state index in [1.165, 1.54) is 6.42 Å². The van der Waals surface area contributed by atoms with Crippen LogP contribution in [-0.2, 0) is 19.6 Å². The average Bonchev–Trinajstić information content (AvgIpc) is 2.99. The SMILES string of the molecule is O=C(OC1C2CC3CC34CC1C4C2)C(F)(F)S(=O)(=O)O. The molecule has 5 nitrogen and oxygen atoms in total. The molecule has 4 aliphatic carbocycles. The number of halogens is 2. The van der Waals surface area contributed by atoms with Crippen LogP contribution in [0.3, 0.4) is 0 Å². The van der Waals surface area contributed by atoms with Gasteiger partial charge >= 0.3 is 21.3 Å². The lowest BCUT2D eigenvalue weighted by molar-refractivity contribution is -0.173. The second kappa shape index (κ2) is 3.35. The zero-order valence-corrected chi connectivity index (χ0v) is 11.3. The fourth-order valence-corrected chi connectivity index (χ4v) is 5.32. The van der Waals surface area contributed by atoms with Crippen LogP contribution >= 0.6 is 0 Å². The van der Waals surface area contributed by atoms with Gasteiger partial charge in [0.2, 0.25) is 0 Å². The summed E-state index contributed by atoms with van der Waals surface area (Å²) in [6.45, 7) is 0. The fraction of sp³-hybridized carbons (Fsp3) is 0.917. The molecule has 0 amide bonds. The molecule has 0 heterocycles. The first kappa shape index (κ1) is 12.9. The van der Waals surface area contributed by atoms with Gasteiger partial charge in [-0.3, -0.25) is 4.55 Å². The third kappa shape index (κ3) is 1.34. The molecule has 4 aliphatic rings. The van der Waals surface area contributed by atoms with Crippen LogP contribution in [0.1, 0.15) is 25.7 Å². The van der Waals surface area contributed by atoms with Crippen LogP contribution < -0.4 is 0 Å². The van der Waals surface area contributed by atoms with E-state index < -0.39 is 27.4 Å². The molecule has 4 fully saturated rings. The van der Waals surface area contributed by atoms with Gasteiger partial charge in [-0.15, -0.1) is 0 Å². The first-order chi connectivity index (χ1) is 9.17. The summed E-state index contributed by atoms with van der Waals surface area (Å²) in [6.07, 6.45) is 3.25. The van der Waals surface area contributed by atoms with Crippen molar-refractivity contribution in [1.82, 2.24) is 0 Å². The maximum Gasteiger partial charge on any atom is 0.465 e. The van der Waals surface area contributed by atoms with Crippen molar-refractivity contribution in [3.63, 3.8) is 0 Å². The number of rotatable bonds is 3.